The molecule has 1 saturated heterocycles. The molecule has 2 N–H and O–H groups in total. The third-order valence-electron chi connectivity index (χ3n) is 7.85. The molecule has 0 amide bonds. The minimum Gasteiger partial charge on any atom is -0.457 e. The first-order valence-electron chi connectivity index (χ1n) is 13.0. The van der Waals surface area contributed by atoms with E-state index in [4.69, 9.17) is 15.6 Å². The third-order valence-corrected chi connectivity index (χ3v) is 7.85. The Kier molecular flexibility index (Phi) is 6.34. The molecule has 3 heterocycles. The zero-order valence-electron chi connectivity index (χ0n) is 20.9. The van der Waals surface area contributed by atoms with Crippen LogP contribution in [0.15, 0.2) is 66.9 Å². The lowest BCUT2D eigenvalue weighted by Gasteiger charge is -2.41. The van der Waals surface area contributed by atoms with Crippen molar-refractivity contribution in [2.45, 2.75) is 37.6 Å². The molecule has 36 heavy (non-hydrogen) atoms. The summed E-state index contributed by atoms with van der Waals surface area (Å²) in [4.78, 5) is 9.52. The Labute approximate surface area is 212 Å². The van der Waals surface area contributed by atoms with Crippen molar-refractivity contribution >= 4 is 16.7 Å². The van der Waals surface area contributed by atoms with Crippen LogP contribution in [0.5, 0.6) is 11.5 Å². The van der Waals surface area contributed by atoms with E-state index in [1.54, 1.807) is 6.20 Å². The van der Waals surface area contributed by atoms with Gasteiger partial charge in [0.15, 0.2) is 0 Å². The summed E-state index contributed by atoms with van der Waals surface area (Å²) in [5, 5.41) is 6.26. The van der Waals surface area contributed by atoms with E-state index in [9.17, 15) is 0 Å². The van der Waals surface area contributed by atoms with E-state index in [0.717, 1.165) is 46.6 Å². The second-order valence-corrected chi connectivity index (χ2v) is 10.1. The molecule has 0 spiro atoms. The van der Waals surface area contributed by atoms with Crippen LogP contribution < -0.4 is 10.5 Å². The smallest absolute Gasteiger partial charge is 0.150 e. The number of anilines is 1. The number of piperazine rings is 1. The van der Waals surface area contributed by atoms with Crippen molar-refractivity contribution in [1.29, 1.82) is 0 Å². The fraction of sp³-hybridized carbons (Fsp3) is 0.379. The van der Waals surface area contributed by atoms with Gasteiger partial charge in [-0.15, -0.1) is 0 Å². The molecule has 0 atom stereocenters. The monoisotopic (exact) mass is 482 g/mol. The van der Waals surface area contributed by atoms with Crippen molar-refractivity contribution in [3.05, 3.63) is 72.6 Å². The Morgan fingerprint density at radius 3 is 2.25 bits per heavy atom. The van der Waals surface area contributed by atoms with Gasteiger partial charge in [-0.2, -0.15) is 5.10 Å². The fourth-order valence-electron chi connectivity index (χ4n) is 5.78. The molecule has 7 heteroatoms. The van der Waals surface area contributed by atoms with Crippen molar-refractivity contribution in [2.24, 2.45) is 0 Å². The zero-order chi connectivity index (χ0) is 24.5. The van der Waals surface area contributed by atoms with E-state index in [2.05, 4.69) is 27.9 Å². The number of ether oxygens (including phenoxy) is 1. The molecular weight excluding hydrogens is 448 g/mol. The molecule has 4 aromatic rings. The molecule has 186 valence electrons. The van der Waals surface area contributed by atoms with Gasteiger partial charge in [0.1, 0.15) is 22.8 Å². The van der Waals surface area contributed by atoms with Crippen LogP contribution in [-0.2, 0) is 0 Å². The molecule has 1 aliphatic heterocycles. The summed E-state index contributed by atoms with van der Waals surface area (Å²) >= 11 is 0. The Morgan fingerprint density at radius 2 is 1.53 bits per heavy atom. The van der Waals surface area contributed by atoms with Gasteiger partial charge < -0.3 is 15.4 Å². The van der Waals surface area contributed by atoms with Crippen LogP contribution in [0.25, 0.3) is 16.6 Å². The van der Waals surface area contributed by atoms with Gasteiger partial charge >= 0.3 is 0 Å². The summed E-state index contributed by atoms with van der Waals surface area (Å²) in [6, 6.07) is 20.6. The molecule has 2 aromatic carbocycles. The first-order valence-corrected chi connectivity index (χ1v) is 13.0. The first kappa shape index (κ1) is 23.0. The molecule has 2 fully saturated rings. The lowest BCUT2D eigenvalue weighted by molar-refractivity contribution is 0.0876. The summed E-state index contributed by atoms with van der Waals surface area (Å²) in [7, 11) is 2.22. The predicted octanol–water partition coefficient (Wildman–Crippen LogP) is 5.07. The Hall–Kier alpha value is -3.42. The van der Waals surface area contributed by atoms with Gasteiger partial charge in [0.05, 0.1) is 11.4 Å². The number of aromatic nitrogens is 3. The Bertz CT molecular complexity index is 1300. The SMILES string of the molecule is CN1CCN([C@H]2CC[C@H](c3nn(-c4ccc(Oc5ccccc5)cc4)c4c(N)nccc43)CC2)CC1. The summed E-state index contributed by atoms with van der Waals surface area (Å²) in [5.41, 5.74) is 9.40. The maximum Gasteiger partial charge on any atom is 0.150 e. The van der Waals surface area contributed by atoms with Gasteiger partial charge in [0, 0.05) is 49.7 Å². The molecule has 1 saturated carbocycles. The number of rotatable bonds is 5. The molecule has 0 unspecified atom stereocenters. The lowest BCUT2D eigenvalue weighted by atomic mass is 9.82. The molecular formula is C29H34N6O. The summed E-state index contributed by atoms with van der Waals surface area (Å²) in [5.74, 6) is 2.56. The number of nitrogen functional groups attached to an aromatic ring is 1. The van der Waals surface area contributed by atoms with Crippen molar-refractivity contribution in [3.63, 3.8) is 0 Å². The van der Waals surface area contributed by atoms with Crippen LogP contribution in [0.2, 0.25) is 0 Å². The van der Waals surface area contributed by atoms with E-state index in [-0.39, 0.29) is 0 Å². The van der Waals surface area contributed by atoms with E-state index in [0.29, 0.717) is 17.8 Å². The number of hydrogen-bond donors (Lipinski definition) is 1. The van der Waals surface area contributed by atoms with E-state index in [1.165, 1.54) is 39.0 Å². The van der Waals surface area contributed by atoms with Crippen molar-refractivity contribution in [3.8, 4) is 17.2 Å². The van der Waals surface area contributed by atoms with Crippen LogP contribution in [0.1, 0.15) is 37.3 Å². The highest BCUT2D eigenvalue weighted by Gasteiger charge is 2.31. The van der Waals surface area contributed by atoms with Crippen LogP contribution >= 0.6 is 0 Å². The standard InChI is InChI=1S/C29H34N6O/c1-33-17-19-34(20-18-33)22-9-7-21(8-10-22)27-26-15-16-31-29(30)28(26)35(32-27)23-11-13-25(14-12-23)36-24-5-3-2-4-6-24/h2-6,11-16,21-22H,7-10,17-20H2,1H3,(H2,30,31)/t21-,22-. The van der Waals surface area contributed by atoms with Gasteiger partial charge in [-0.05, 0) is 75.2 Å². The topological polar surface area (TPSA) is 72.4 Å². The van der Waals surface area contributed by atoms with E-state index in [1.807, 2.05) is 59.3 Å². The third kappa shape index (κ3) is 4.56. The fourth-order valence-corrected chi connectivity index (χ4v) is 5.78. The number of para-hydroxylation sites is 1. The average molecular weight is 483 g/mol. The second kappa shape index (κ2) is 9.91. The highest BCUT2D eigenvalue weighted by Crippen LogP contribution is 2.39. The maximum atomic E-state index is 6.39. The molecule has 6 rings (SSSR count). The molecule has 0 radical (unpaired) electrons. The number of nitrogens with zero attached hydrogens (tertiary/aromatic N) is 5. The van der Waals surface area contributed by atoms with Crippen LogP contribution in [0, 0.1) is 0 Å². The largest absolute Gasteiger partial charge is 0.457 e. The molecule has 0 bridgehead atoms. The first-order chi connectivity index (χ1) is 17.7. The molecule has 1 aliphatic carbocycles. The minimum absolute atomic E-state index is 0.444. The normalized spacial score (nSPS) is 21.6. The number of hydrogen-bond acceptors (Lipinski definition) is 6. The van der Waals surface area contributed by atoms with Gasteiger partial charge in [-0.1, -0.05) is 18.2 Å². The number of fused-ring (bicyclic) bond motifs is 1. The summed E-state index contributed by atoms with van der Waals surface area (Å²) in [6.45, 7) is 4.73. The molecule has 7 nitrogen and oxygen atoms in total. The van der Waals surface area contributed by atoms with Crippen molar-refractivity contribution in [2.75, 3.05) is 39.0 Å². The Morgan fingerprint density at radius 1 is 0.833 bits per heavy atom. The highest BCUT2D eigenvalue weighted by molar-refractivity contribution is 5.91. The summed E-state index contributed by atoms with van der Waals surface area (Å²) < 4.78 is 7.94. The summed E-state index contributed by atoms with van der Waals surface area (Å²) in [6.07, 6.45) is 6.59. The zero-order valence-corrected chi connectivity index (χ0v) is 20.9. The molecule has 2 aromatic heterocycles. The second-order valence-electron chi connectivity index (χ2n) is 10.1. The van der Waals surface area contributed by atoms with Crippen molar-refractivity contribution < 1.29 is 4.74 Å². The number of benzene rings is 2. The molecule has 2 aliphatic rings. The van der Waals surface area contributed by atoms with Crippen LogP contribution in [0.4, 0.5) is 5.82 Å². The average Bonchev–Trinajstić information content (AvgIpc) is 3.31. The maximum absolute atomic E-state index is 6.39. The predicted molar refractivity (Wildman–Crippen MR) is 144 cm³/mol. The van der Waals surface area contributed by atoms with E-state index < -0.39 is 0 Å². The van der Waals surface area contributed by atoms with Crippen LogP contribution in [0.3, 0.4) is 0 Å². The van der Waals surface area contributed by atoms with Crippen LogP contribution in [-0.4, -0.2) is 63.8 Å². The van der Waals surface area contributed by atoms with Gasteiger partial charge in [-0.25, -0.2) is 9.67 Å². The van der Waals surface area contributed by atoms with Gasteiger partial charge in [0.25, 0.3) is 0 Å². The number of nitrogens with two attached hydrogens (primary N) is 1. The Balaban J connectivity index is 1.24. The quantitative estimate of drug-likeness (QED) is 0.428. The van der Waals surface area contributed by atoms with Crippen molar-refractivity contribution in [1.82, 2.24) is 24.6 Å². The van der Waals surface area contributed by atoms with Gasteiger partial charge in [-0.3, -0.25) is 4.90 Å². The van der Waals surface area contributed by atoms with E-state index >= 15 is 0 Å². The van der Waals surface area contributed by atoms with Gasteiger partial charge in [0.2, 0.25) is 0 Å². The minimum atomic E-state index is 0.444. The number of pyridine rings is 1. The highest BCUT2D eigenvalue weighted by atomic mass is 16.5. The lowest BCUT2D eigenvalue weighted by Crippen LogP contribution is -2.49. The number of likely N-dealkylation sites (N-methyl/N-ethyl adjacent to an activating group) is 1.